The number of hydrogen-bond donors (Lipinski definition) is 0. The Balaban J connectivity index is 2.35. The predicted octanol–water partition coefficient (Wildman–Crippen LogP) is 2.66. The van der Waals surface area contributed by atoms with Crippen molar-refractivity contribution < 1.29 is 26.4 Å². The third kappa shape index (κ3) is 4.36. The molecule has 0 saturated carbocycles. The summed E-state index contributed by atoms with van der Waals surface area (Å²) >= 11 is 0. The Bertz CT molecular complexity index is 1430. The molecule has 3 aromatic heterocycles. The Morgan fingerprint density at radius 2 is 1.94 bits per heavy atom. The van der Waals surface area contributed by atoms with Crippen molar-refractivity contribution in [1.29, 1.82) is 0 Å². The van der Waals surface area contributed by atoms with Crippen LogP contribution in [0, 0.1) is 0 Å². The lowest BCUT2D eigenvalue weighted by Gasteiger charge is -2.16. The molecular formula is C20H23F3N6O4S. The number of halogens is 3. The van der Waals surface area contributed by atoms with Crippen molar-refractivity contribution in [3.05, 3.63) is 34.4 Å². The number of oxime groups is 1. The Kier molecular flexibility index (Phi) is 6.73. The molecule has 0 amide bonds. The molecular weight excluding hydrogens is 477 g/mol. The summed E-state index contributed by atoms with van der Waals surface area (Å²) in [5.41, 5.74) is -2.06. The van der Waals surface area contributed by atoms with Crippen LogP contribution in [0.2, 0.25) is 0 Å². The first kappa shape index (κ1) is 25.2. The van der Waals surface area contributed by atoms with E-state index in [-0.39, 0.29) is 39.7 Å². The van der Waals surface area contributed by atoms with Crippen LogP contribution >= 0.6 is 0 Å². The number of alkyl halides is 3. The lowest BCUT2D eigenvalue weighted by Crippen LogP contribution is -2.28. The van der Waals surface area contributed by atoms with Crippen LogP contribution in [0.5, 0.6) is 0 Å². The van der Waals surface area contributed by atoms with Crippen LogP contribution in [0.4, 0.5) is 18.9 Å². The molecule has 0 N–H and O–H groups in total. The molecule has 10 nitrogen and oxygen atoms in total. The number of fused-ring (bicyclic) bond motifs is 1. The summed E-state index contributed by atoms with van der Waals surface area (Å²) in [5.74, 6) is -0.313. The van der Waals surface area contributed by atoms with Gasteiger partial charge in [-0.25, -0.2) is 18.4 Å². The second-order valence-corrected chi connectivity index (χ2v) is 9.51. The number of sulfone groups is 1. The highest BCUT2D eigenvalue weighted by Gasteiger charge is 2.36. The number of aryl methyl sites for hydroxylation is 1. The molecule has 184 valence electrons. The molecule has 0 aliphatic carbocycles. The number of aromatic nitrogens is 4. The summed E-state index contributed by atoms with van der Waals surface area (Å²) in [6.07, 6.45) is -2.11. The van der Waals surface area contributed by atoms with Crippen molar-refractivity contribution in [1.82, 2.24) is 19.1 Å². The quantitative estimate of drug-likeness (QED) is 0.279. The van der Waals surface area contributed by atoms with Crippen LogP contribution in [0.15, 0.2) is 33.2 Å². The van der Waals surface area contributed by atoms with E-state index < -0.39 is 27.3 Å². The van der Waals surface area contributed by atoms with Gasteiger partial charge in [0, 0.05) is 20.6 Å². The van der Waals surface area contributed by atoms with Gasteiger partial charge in [-0.3, -0.25) is 4.79 Å². The lowest BCUT2D eigenvalue weighted by molar-refractivity contribution is -0.144. The molecule has 3 aromatic rings. The van der Waals surface area contributed by atoms with Crippen molar-refractivity contribution in [2.24, 2.45) is 12.2 Å². The second kappa shape index (κ2) is 9.08. The van der Waals surface area contributed by atoms with Gasteiger partial charge in [-0.1, -0.05) is 12.1 Å². The second-order valence-electron chi connectivity index (χ2n) is 7.26. The maximum atomic E-state index is 13.5. The first-order valence-corrected chi connectivity index (χ1v) is 11.7. The zero-order valence-electron chi connectivity index (χ0n) is 19.1. The molecule has 0 aliphatic heterocycles. The fraction of sp³-hybridized carbons (Fsp3) is 0.400. The topological polar surface area (TPSA) is 112 Å². The molecule has 3 heterocycles. The van der Waals surface area contributed by atoms with Gasteiger partial charge in [0.25, 0.3) is 5.56 Å². The fourth-order valence-electron chi connectivity index (χ4n) is 3.45. The molecule has 0 fully saturated rings. The molecule has 0 bridgehead atoms. The Morgan fingerprint density at radius 1 is 1.26 bits per heavy atom. The largest absolute Gasteiger partial charge is 0.431 e. The Hall–Kier alpha value is -3.42. The molecule has 0 aliphatic rings. The van der Waals surface area contributed by atoms with Gasteiger partial charge in [-0.2, -0.15) is 13.2 Å². The Labute approximate surface area is 193 Å². The van der Waals surface area contributed by atoms with Crippen molar-refractivity contribution in [3.8, 4) is 11.5 Å². The van der Waals surface area contributed by atoms with Crippen LogP contribution in [0.25, 0.3) is 22.6 Å². The monoisotopic (exact) mass is 500 g/mol. The molecule has 0 spiro atoms. The van der Waals surface area contributed by atoms with Crippen LogP contribution in [-0.2, 0) is 34.4 Å². The number of rotatable bonds is 7. The van der Waals surface area contributed by atoms with Crippen molar-refractivity contribution in [2.45, 2.75) is 31.5 Å². The summed E-state index contributed by atoms with van der Waals surface area (Å²) < 4.78 is 68.3. The zero-order chi connectivity index (χ0) is 25.4. The molecule has 14 heteroatoms. The third-order valence-corrected chi connectivity index (χ3v) is 6.98. The first-order chi connectivity index (χ1) is 15.9. The van der Waals surface area contributed by atoms with Crippen LogP contribution in [-0.4, -0.2) is 53.8 Å². The summed E-state index contributed by atoms with van der Waals surface area (Å²) in [5, 5.41) is 3.62. The standard InChI is InChI=1S/C20H23F3N6O4S/c1-6-29-15(20(21,22)23)9-13-17(19(29)30)28(4)18(26-13)16-14(34(31,32)7-2)8-12(10-24-16)27(3)11-25-33-5/h8-11H,6-7H2,1-5H3. The third-order valence-electron chi connectivity index (χ3n) is 5.24. The molecule has 3 rings (SSSR count). The van der Waals surface area contributed by atoms with E-state index in [9.17, 15) is 26.4 Å². The van der Waals surface area contributed by atoms with Gasteiger partial charge >= 0.3 is 6.18 Å². The van der Waals surface area contributed by atoms with E-state index in [4.69, 9.17) is 0 Å². The van der Waals surface area contributed by atoms with Gasteiger partial charge < -0.3 is 18.9 Å². The summed E-state index contributed by atoms with van der Waals surface area (Å²) in [7, 11) is 0.530. The average molecular weight is 501 g/mol. The van der Waals surface area contributed by atoms with Crippen LogP contribution < -0.4 is 10.5 Å². The van der Waals surface area contributed by atoms with Gasteiger partial charge in [0.1, 0.15) is 30.4 Å². The SMILES string of the molecule is CCn1c(C(F)(F)F)cc2nc(-c3ncc(N(C)C=NOC)cc3S(=O)(=O)CC)n(C)c2c1=O. The van der Waals surface area contributed by atoms with E-state index in [2.05, 4.69) is 20.0 Å². The Morgan fingerprint density at radius 3 is 2.50 bits per heavy atom. The highest BCUT2D eigenvalue weighted by molar-refractivity contribution is 7.91. The van der Waals surface area contributed by atoms with E-state index in [1.54, 1.807) is 7.05 Å². The molecule has 0 radical (unpaired) electrons. The molecule has 0 saturated heterocycles. The summed E-state index contributed by atoms with van der Waals surface area (Å²) in [6, 6.07) is 2.13. The maximum Gasteiger partial charge on any atom is 0.431 e. The number of nitrogens with zero attached hydrogens (tertiary/aromatic N) is 6. The number of anilines is 1. The average Bonchev–Trinajstić information content (AvgIpc) is 3.12. The van der Waals surface area contributed by atoms with Crippen molar-refractivity contribution in [3.63, 3.8) is 0 Å². The van der Waals surface area contributed by atoms with Crippen LogP contribution in [0.3, 0.4) is 0 Å². The van der Waals surface area contributed by atoms with Gasteiger partial charge in [-0.15, -0.1) is 0 Å². The van der Waals surface area contributed by atoms with Gasteiger partial charge in [0.05, 0.1) is 28.0 Å². The van der Waals surface area contributed by atoms with E-state index in [0.717, 1.165) is 6.07 Å². The summed E-state index contributed by atoms with van der Waals surface area (Å²) in [6.45, 7) is 2.67. The molecule has 0 atom stereocenters. The van der Waals surface area contributed by atoms with Gasteiger partial charge in [0.15, 0.2) is 15.7 Å². The lowest BCUT2D eigenvalue weighted by atomic mass is 10.3. The smallest absolute Gasteiger partial charge is 0.398 e. The predicted molar refractivity (Wildman–Crippen MR) is 121 cm³/mol. The highest BCUT2D eigenvalue weighted by Crippen LogP contribution is 2.33. The van der Waals surface area contributed by atoms with Gasteiger partial charge in [-0.05, 0) is 19.1 Å². The first-order valence-electron chi connectivity index (χ1n) is 10.1. The zero-order valence-corrected chi connectivity index (χ0v) is 19.9. The normalized spacial score (nSPS) is 12.6. The van der Waals surface area contributed by atoms with Gasteiger partial charge in [0.2, 0.25) is 0 Å². The van der Waals surface area contributed by atoms with E-state index >= 15 is 0 Å². The van der Waals surface area contributed by atoms with E-state index in [0.29, 0.717) is 10.3 Å². The summed E-state index contributed by atoms with van der Waals surface area (Å²) in [4.78, 5) is 27.3. The number of pyridine rings is 2. The van der Waals surface area contributed by atoms with Crippen molar-refractivity contribution >= 4 is 32.9 Å². The molecule has 0 unspecified atom stereocenters. The minimum atomic E-state index is -4.77. The molecule has 0 aromatic carbocycles. The van der Waals surface area contributed by atoms with E-state index in [1.807, 2.05) is 0 Å². The number of imidazole rings is 1. The van der Waals surface area contributed by atoms with E-state index in [1.165, 1.54) is 56.1 Å². The van der Waals surface area contributed by atoms with Crippen LogP contribution in [0.1, 0.15) is 19.5 Å². The highest BCUT2D eigenvalue weighted by atomic mass is 32.2. The maximum absolute atomic E-state index is 13.5. The van der Waals surface area contributed by atoms with Crippen molar-refractivity contribution in [2.75, 3.05) is 24.8 Å². The minimum absolute atomic E-state index is 0.0548. The fourth-order valence-corrected chi connectivity index (χ4v) is 4.50. The number of hydrogen-bond acceptors (Lipinski definition) is 7. The molecule has 34 heavy (non-hydrogen) atoms. The minimum Gasteiger partial charge on any atom is -0.398 e.